The molecule has 2 aromatic rings. The van der Waals surface area contributed by atoms with E-state index in [1.54, 1.807) is 20.3 Å². The molecule has 0 saturated carbocycles. The van der Waals surface area contributed by atoms with Crippen molar-refractivity contribution in [1.82, 2.24) is 0 Å². The van der Waals surface area contributed by atoms with Crippen LogP contribution >= 0.6 is 11.6 Å². The molecule has 0 aromatic heterocycles. The highest BCUT2D eigenvalue weighted by Gasteiger charge is 2.07. The van der Waals surface area contributed by atoms with E-state index < -0.39 is 0 Å². The molecule has 0 aliphatic rings. The number of rotatable bonds is 4. The van der Waals surface area contributed by atoms with Crippen LogP contribution in [0.1, 0.15) is 0 Å². The fourth-order valence-corrected chi connectivity index (χ4v) is 1.84. The molecule has 2 rings (SSSR count). The summed E-state index contributed by atoms with van der Waals surface area (Å²) < 4.78 is 10.6. The molecule has 3 nitrogen and oxygen atoms in total. The molecule has 4 heteroatoms. The van der Waals surface area contributed by atoms with Gasteiger partial charge in [0, 0.05) is 5.02 Å². The quantitative estimate of drug-likeness (QED) is 0.901. The second-order valence-corrected chi connectivity index (χ2v) is 4.11. The van der Waals surface area contributed by atoms with Crippen molar-refractivity contribution >= 4 is 23.0 Å². The Hall–Kier alpha value is -1.87. The fraction of sp³-hybridized carbons (Fsp3) is 0.143. The Morgan fingerprint density at radius 3 is 2.28 bits per heavy atom. The molecule has 0 unspecified atom stereocenters. The molecule has 0 amide bonds. The van der Waals surface area contributed by atoms with Crippen molar-refractivity contribution in [3.05, 3.63) is 47.5 Å². The maximum Gasteiger partial charge on any atom is 0.142 e. The summed E-state index contributed by atoms with van der Waals surface area (Å²) in [4.78, 5) is 0. The topological polar surface area (TPSA) is 30.5 Å². The number of benzene rings is 2. The molecule has 0 aliphatic carbocycles. The monoisotopic (exact) mass is 263 g/mol. The molecular weight excluding hydrogens is 250 g/mol. The maximum absolute atomic E-state index is 5.99. The van der Waals surface area contributed by atoms with E-state index >= 15 is 0 Å². The summed E-state index contributed by atoms with van der Waals surface area (Å²) in [5, 5.41) is 3.90. The van der Waals surface area contributed by atoms with Gasteiger partial charge in [0.05, 0.1) is 25.6 Å². The minimum Gasteiger partial charge on any atom is -0.495 e. The highest BCUT2D eigenvalue weighted by atomic mass is 35.5. The Bertz CT molecular complexity index is 543. The van der Waals surface area contributed by atoms with Crippen molar-refractivity contribution < 1.29 is 9.47 Å². The highest BCUT2D eigenvalue weighted by molar-refractivity contribution is 6.31. The van der Waals surface area contributed by atoms with Crippen LogP contribution in [0.25, 0.3) is 0 Å². The summed E-state index contributed by atoms with van der Waals surface area (Å²) in [7, 11) is 3.26. The molecule has 0 fully saturated rings. The van der Waals surface area contributed by atoms with Crippen LogP contribution in [0.5, 0.6) is 11.5 Å². The molecule has 0 bridgehead atoms. The SMILES string of the molecule is COc1ccccc1Nc1cc(Cl)ccc1OC. The van der Waals surface area contributed by atoms with Gasteiger partial charge in [0.2, 0.25) is 0 Å². The molecule has 0 spiro atoms. The summed E-state index contributed by atoms with van der Waals surface area (Å²) >= 11 is 5.99. The number of methoxy groups -OCH3 is 2. The van der Waals surface area contributed by atoms with Crippen LogP contribution in [-0.2, 0) is 0 Å². The van der Waals surface area contributed by atoms with E-state index in [4.69, 9.17) is 21.1 Å². The zero-order valence-corrected chi connectivity index (χ0v) is 11.0. The van der Waals surface area contributed by atoms with Crippen LogP contribution in [0.15, 0.2) is 42.5 Å². The van der Waals surface area contributed by atoms with E-state index in [1.807, 2.05) is 36.4 Å². The van der Waals surface area contributed by atoms with Crippen molar-refractivity contribution in [2.45, 2.75) is 0 Å². The van der Waals surface area contributed by atoms with Gasteiger partial charge in [0.25, 0.3) is 0 Å². The Morgan fingerprint density at radius 2 is 1.56 bits per heavy atom. The largest absolute Gasteiger partial charge is 0.495 e. The third-order valence-electron chi connectivity index (χ3n) is 2.54. The molecular formula is C14H14ClNO2. The van der Waals surface area contributed by atoms with Gasteiger partial charge in [-0.15, -0.1) is 0 Å². The fourth-order valence-electron chi connectivity index (χ4n) is 1.67. The zero-order chi connectivity index (χ0) is 13.0. The molecule has 0 aliphatic heterocycles. The molecule has 0 saturated heterocycles. The summed E-state index contributed by atoms with van der Waals surface area (Å²) in [6, 6.07) is 13.1. The van der Waals surface area contributed by atoms with Gasteiger partial charge in [-0.2, -0.15) is 0 Å². The van der Waals surface area contributed by atoms with Crippen molar-refractivity contribution in [3.63, 3.8) is 0 Å². The van der Waals surface area contributed by atoms with Gasteiger partial charge in [-0.05, 0) is 30.3 Å². The number of nitrogens with one attached hydrogen (secondary N) is 1. The first kappa shape index (κ1) is 12.6. The van der Waals surface area contributed by atoms with Crippen LogP contribution in [0.2, 0.25) is 5.02 Å². The lowest BCUT2D eigenvalue weighted by Gasteiger charge is -2.14. The van der Waals surface area contributed by atoms with Crippen LogP contribution in [0.4, 0.5) is 11.4 Å². The van der Waals surface area contributed by atoms with Crippen LogP contribution in [0, 0.1) is 0 Å². The lowest BCUT2D eigenvalue weighted by Crippen LogP contribution is -1.97. The van der Waals surface area contributed by atoms with Crippen LogP contribution < -0.4 is 14.8 Å². The molecule has 0 radical (unpaired) electrons. The van der Waals surface area contributed by atoms with Crippen molar-refractivity contribution in [3.8, 4) is 11.5 Å². The predicted octanol–water partition coefficient (Wildman–Crippen LogP) is 4.10. The van der Waals surface area contributed by atoms with Crippen molar-refractivity contribution in [1.29, 1.82) is 0 Å². The van der Waals surface area contributed by atoms with Gasteiger partial charge in [0.1, 0.15) is 11.5 Å². The lowest BCUT2D eigenvalue weighted by molar-refractivity contribution is 0.414. The molecule has 2 aromatic carbocycles. The zero-order valence-electron chi connectivity index (χ0n) is 10.2. The van der Waals surface area contributed by atoms with Gasteiger partial charge in [-0.1, -0.05) is 23.7 Å². The summed E-state index contributed by atoms with van der Waals surface area (Å²) in [5.41, 5.74) is 1.66. The van der Waals surface area contributed by atoms with Gasteiger partial charge in [-0.25, -0.2) is 0 Å². The predicted molar refractivity (Wildman–Crippen MR) is 74.3 cm³/mol. The second-order valence-electron chi connectivity index (χ2n) is 3.67. The minimum atomic E-state index is 0.646. The standard InChI is InChI=1S/C14H14ClNO2/c1-17-13-6-4-3-5-11(13)16-12-9-10(15)7-8-14(12)18-2/h3-9,16H,1-2H3. The minimum absolute atomic E-state index is 0.646. The highest BCUT2D eigenvalue weighted by Crippen LogP contribution is 2.33. The maximum atomic E-state index is 5.99. The molecule has 1 N–H and O–H groups in total. The Morgan fingerprint density at radius 1 is 0.889 bits per heavy atom. The van der Waals surface area contributed by atoms with E-state index in [2.05, 4.69) is 5.32 Å². The second kappa shape index (κ2) is 5.65. The van der Waals surface area contributed by atoms with E-state index in [9.17, 15) is 0 Å². The summed E-state index contributed by atoms with van der Waals surface area (Å²) in [6.07, 6.45) is 0. The normalized spacial score (nSPS) is 9.94. The van der Waals surface area contributed by atoms with E-state index in [0.29, 0.717) is 5.02 Å². The van der Waals surface area contributed by atoms with E-state index in [0.717, 1.165) is 22.9 Å². The lowest BCUT2D eigenvalue weighted by atomic mass is 10.2. The molecule has 0 heterocycles. The third-order valence-corrected chi connectivity index (χ3v) is 2.77. The van der Waals surface area contributed by atoms with Crippen molar-refractivity contribution in [2.24, 2.45) is 0 Å². The number of halogens is 1. The number of hydrogen-bond donors (Lipinski definition) is 1. The Kier molecular flexibility index (Phi) is 3.95. The van der Waals surface area contributed by atoms with Crippen LogP contribution in [0.3, 0.4) is 0 Å². The average molecular weight is 264 g/mol. The smallest absolute Gasteiger partial charge is 0.142 e. The van der Waals surface area contributed by atoms with Gasteiger partial charge >= 0.3 is 0 Å². The van der Waals surface area contributed by atoms with Crippen molar-refractivity contribution in [2.75, 3.05) is 19.5 Å². The number of ether oxygens (including phenoxy) is 2. The van der Waals surface area contributed by atoms with Gasteiger partial charge < -0.3 is 14.8 Å². The first-order valence-corrected chi connectivity index (χ1v) is 5.86. The third kappa shape index (κ3) is 2.68. The Balaban J connectivity index is 2.36. The van der Waals surface area contributed by atoms with Gasteiger partial charge in [0.15, 0.2) is 0 Å². The number of para-hydroxylation sites is 2. The number of hydrogen-bond acceptors (Lipinski definition) is 3. The van der Waals surface area contributed by atoms with E-state index in [-0.39, 0.29) is 0 Å². The average Bonchev–Trinajstić information content (AvgIpc) is 2.40. The number of anilines is 2. The Labute approximate surface area is 111 Å². The summed E-state index contributed by atoms with van der Waals surface area (Å²) in [6.45, 7) is 0. The molecule has 94 valence electrons. The van der Waals surface area contributed by atoms with Crippen LogP contribution in [-0.4, -0.2) is 14.2 Å². The summed E-state index contributed by atoms with van der Waals surface area (Å²) in [5.74, 6) is 1.49. The first-order chi connectivity index (χ1) is 8.74. The first-order valence-electron chi connectivity index (χ1n) is 5.48. The molecule has 0 atom stereocenters. The molecule has 18 heavy (non-hydrogen) atoms. The van der Waals surface area contributed by atoms with Gasteiger partial charge in [-0.3, -0.25) is 0 Å². The van der Waals surface area contributed by atoms with E-state index in [1.165, 1.54) is 0 Å².